The van der Waals surface area contributed by atoms with Crippen LogP contribution in [-0.2, 0) is 11.0 Å². The van der Waals surface area contributed by atoms with Crippen LogP contribution >= 0.6 is 0 Å². The lowest BCUT2D eigenvalue weighted by molar-refractivity contribution is -0.137. The largest absolute Gasteiger partial charge is 0.420 e. The molecule has 1 fully saturated rings. The molecule has 0 bridgehead atoms. The fourth-order valence-corrected chi connectivity index (χ4v) is 1.91. The van der Waals surface area contributed by atoms with Gasteiger partial charge in [0.15, 0.2) is 5.82 Å². The number of carbonyl (C=O) groups is 1. The number of amides is 1. The molecule has 1 aromatic heterocycles. The summed E-state index contributed by atoms with van der Waals surface area (Å²) in [5, 5.41) is 9.85. The molecule has 2 rings (SSSR count). The van der Waals surface area contributed by atoms with Crippen molar-refractivity contribution < 1.29 is 18.0 Å². The van der Waals surface area contributed by atoms with Gasteiger partial charge in [-0.1, -0.05) is 0 Å². The summed E-state index contributed by atoms with van der Waals surface area (Å²) in [7, 11) is 0. The maximum absolute atomic E-state index is 12.9. The van der Waals surface area contributed by atoms with Gasteiger partial charge in [0.2, 0.25) is 5.91 Å². The van der Waals surface area contributed by atoms with E-state index in [2.05, 4.69) is 15.5 Å². The number of nitrogens with two attached hydrogens (primary N) is 1. The smallest absolute Gasteiger partial charge is 0.368 e. The van der Waals surface area contributed by atoms with Crippen LogP contribution in [0.1, 0.15) is 5.56 Å². The lowest BCUT2D eigenvalue weighted by Crippen LogP contribution is -2.56. The van der Waals surface area contributed by atoms with Crippen LogP contribution in [-0.4, -0.2) is 41.8 Å². The van der Waals surface area contributed by atoms with Crippen molar-refractivity contribution in [2.75, 3.05) is 24.5 Å². The number of piperazine rings is 1. The molecule has 0 saturated carbocycles. The fraction of sp³-hybridized carbons (Fsp3) is 0.500. The molecule has 1 aliphatic heterocycles. The van der Waals surface area contributed by atoms with Crippen LogP contribution in [0.25, 0.3) is 0 Å². The van der Waals surface area contributed by atoms with Crippen molar-refractivity contribution >= 4 is 11.7 Å². The lowest BCUT2D eigenvalue weighted by atomic mass is 10.1. The number of carbonyl (C=O) groups excluding carboxylic acids is 1. The van der Waals surface area contributed by atoms with E-state index >= 15 is 0 Å². The van der Waals surface area contributed by atoms with Crippen molar-refractivity contribution in [2.24, 2.45) is 5.73 Å². The summed E-state index contributed by atoms with van der Waals surface area (Å²) in [5.74, 6) is -0.884. The third-order valence-corrected chi connectivity index (χ3v) is 2.83. The highest BCUT2D eigenvalue weighted by Gasteiger charge is 2.37. The zero-order valence-corrected chi connectivity index (χ0v) is 9.81. The van der Waals surface area contributed by atoms with Gasteiger partial charge in [-0.3, -0.25) is 4.79 Å². The zero-order chi connectivity index (χ0) is 14.0. The average Bonchev–Trinajstić information content (AvgIpc) is 2.38. The first kappa shape index (κ1) is 13.5. The normalized spacial score (nSPS) is 20.4. The topological polar surface area (TPSA) is 84.1 Å². The molecule has 1 amide bonds. The number of halogens is 3. The molecule has 0 spiro atoms. The van der Waals surface area contributed by atoms with Gasteiger partial charge in [-0.2, -0.15) is 18.3 Å². The molecule has 0 radical (unpaired) electrons. The van der Waals surface area contributed by atoms with Gasteiger partial charge in [-0.05, 0) is 6.07 Å². The van der Waals surface area contributed by atoms with Crippen LogP contribution in [0.3, 0.4) is 0 Å². The van der Waals surface area contributed by atoms with Crippen LogP contribution in [0.2, 0.25) is 0 Å². The van der Waals surface area contributed by atoms with E-state index in [4.69, 9.17) is 5.73 Å². The Morgan fingerprint density at radius 3 is 2.89 bits per heavy atom. The first-order valence-corrected chi connectivity index (χ1v) is 5.56. The Balaban J connectivity index is 2.29. The number of hydrogen-bond acceptors (Lipinski definition) is 5. The zero-order valence-electron chi connectivity index (χ0n) is 9.81. The monoisotopic (exact) mass is 275 g/mol. The van der Waals surface area contributed by atoms with E-state index < -0.39 is 23.7 Å². The number of alkyl halides is 3. The van der Waals surface area contributed by atoms with Gasteiger partial charge in [-0.25, -0.2) is 0 Å². The second-order valence-corrected chi connectivity index (χ2v) is 4.12. The summed E-state index contributed by atoms with van der Waals surface area (Å²) in [5.41, 5.74) is 4.28. The Hall–Kier alpha value is -1.90. The first-order chi connectivity index (χ1) is 8.89. The molecule has 0 aliphatic carbocycles. The van der Waals surface area contributed by atoms with Crippen LogP contribution in [0.4, 0.5) is 19.0 Å². The molecular weight excluding hydrogens is 263 g/mol. The molecule has 1 aliphatic rings. The Morgan fingerprint density at radius 2 is 2.26 bits per heavy atom. The summed E-state index contributed by atoms with van der Waals surface area (Å²) < 4.78 is 38.6. The highest BCUT2D eigenvalue weighted by molar-refractivity contribution is 5.81. The van der Waals surface area contributed by atoms with E-state index in [-0.39, 0.29) is 12.4 Å². The molecule has 19 heavy (non-hydrogen) atoms. The SMILES string of the molecule is NC(=O)C1CN(c2nnccc2C(F)(F)F)CCN1. The van der Waals surface area contributed by atoms with Gasteiger partial charge in [0.1, 0.15) is 11.6 Å². The Kier molecular flexibility index (Phi) is 3.56. The van der Waals surface area contributed by atoms with Crippen molar-refractivity contribution in [1.82, 2.24) is 15.5 Å². The molecule has 104 valence electrons. The Labute approximate surface area is 106 Å². The van der Waals surface area contributed by atoms with Crippen molar-refractivity contribution in [3.8, 4) is 0 Å². The third-order valence-electron chi connectivity index (χ3n) is 2.83. The van der Waals surface area contributed by atoms with Gasteiger partial charge in [0, 0.05) is 19.6 Å². The van der Waals surface area contributed by atoms with Crippen LogP contribution in [0.5, 0.6) is 0 Å². The second kappa shape index (κ2) is 5.00. The highest BCUT2D eigenvalue weighted by Crippen LogP contribution is 2.34. The summed E-state index contributed by atoms with van der Waals surface area (Å²) in [6, 6.07) is 0.167. The van der Waals surface area contributed by atoms with Crippen molar-refractivity contribution in [3.63, 3.8) is 0 Å². The van der Waals surface area contributed by atoms with E-state index in [1.807, 2.05) is 0 Å². The summed E-state index contributed by atoms with van der Waals surface area (Å²) in [4.78, 5) is 12.5. The third kappa shape index (κ3) is 2.92. The van der Waals surface area contributed by atoms with Gasteiger partial charge < -0.3 is 16.0 Å². The molecule has 0 aromatic carbocycles. The van der Waals surface area contributed by atoms with Crippen molar-refractivity contribution in [3.05, 3.63) is 17.8 Å². The number of nitrogens with one attached hydrogen (secondary N) is 1. The summed E-state index contributed by atoms with van der Waals surface area (Å²) >= 11 is 0. The quantitative estimate of drug-likeness (QED) is 0.778. The maximum atomic E-state index is 12.9. The predicted molar refractivity (Wildman–Crippen MR) is 60.2 cm³/mol. The van der Waals surface area contributed by atoms with Crippen LogP contribution < -0.4 is 16.0 Å². The van der Waals surface area contributed by atoms with Gasteiger partial charge in [-0.15, -0.1) is 5.10 Å². The number of rotatable bonds is 2. The van der Waals surface area contributed by atoms with Crippen LogP contribution in [0, 0.1) is 0 Å². The van der Waals surface area contributed by atoms with Crippen molar-refractivity contribution in [2.45, 2.75) is 12.2 Å². The second-order valence-electron chi connectivity index (χ2n) is 4.12. The maximum Gasteiger partial charge on any atom is 0.420 e. The molecular formula is C10H12F3N5O. The van der Waals surface area contributed by atoms with E-state index in [0.717, 1.165) is 12.3 Å². The number of nitrogens with zero attached hydrogens (tertiary/aromatic N) is 3. The summed E-state index contributed by atoms with van der Waals surface area (Å²) in [6.45, 7) is 0.685. The van der Waals surface area contributed by atoms with Crippen molar-refractivity contribution in [1.29, 1.82) is 0 Å². The molecule has 2 heterocycles. The van der Waals surface area contributed by atoms with Gasteiger partial charge in [0.25, 0.3) is 0 Å². The molecule has 6 nitrogen and oxygen atoms in total. The number of hydrogen-bond donors (Lipinski definition) is 2. The number of primary amides is 1. The van der Waals surface area contributed by atoms with Gasteiger partial charge in [0.05, 0.1) is 6.20 Å². The molecule has 1 unspecified atom stereocenters. The van der Waals surface area contributed by atoms with Gasteiger partial charge >= 0.3 is 6.18 Å². The molecule has 1 aromatic rings. The minimum Gasteiger partial charge on any atom is -0.368 e. The molecule has 1 saturated heterocycles. The van der Waals surface area contributed by atoms with Crippen LogP contribution in [0.15, 0.2) is 12.3 Å². The van der Waals surface area contributed by atoms with E-state index in [0.29, 0.717) is 13.1 Å². The number of aromatic nitrogens is 2. The lowest BCUT2D eigenvalue weighted by Gasteiger charge is -2.33. The standard InChI is InChI=1S/C10H12F3N5O/c11-10(12,13)6-1-2-16-17-9(6)18-4-3-15-7(5-18)8(14)19/h1-2,7,15H,3-5H2,(H2,14,19). The Bertz CT molecular complexity index is 478. The predicted octanol–water partition coefficient (Wildman–Crippen LogP) is -0.241. The first-order valence-electron chi connectivity index (χ1n) is 5.56. The minimum atomic E-state index is -4.52. The highest BCUT2D eigenvalue weighted by atomic mass is 19.4. The fourth-order valence-electron chi connectivity index (χ4n) is 1.91. The summed E-state index contributed by atoms with van der Waals surface area (Å²) in [6.07, 6.45) is -3.53. The number of anilines is 1. The molecule has 9 heteroatoms. The molecule has 3 N–H and O–H groups in total. The van der Waals surface area contributed by atoms with E-state index in [1.54, 1.807) is 0 Å². The average molecular weight is 275 g/mol. The Morgan fingerprint density at radius 1 is 1.53 bits per heavy atom. The van der Waals surface area contributed by atoms with E-state index in [9.17, 15) is 18.0 Å². The molecule has 1 atom stereocenters. The van der Waals surface area contributed by atoms with E-state index in [1.165, 1.54) is 4.90 Å². The minimum absolute atomic E-state index is 0.0388.